The Kier molecular flexibility index (Phi) is 7.64. The molecule has 2 N–H and O–H groups in total. The summed E-state index contributed by atoms with van der Waals surface area (Å²) in [6.45, 7) is 1.85. The molecule has 4 rings (SSSR count). The maximum atomic E-state index is 13.4. The number of nitrogens with one attached hydrogen (secondary N) is 2. The molecule has 7 heteroatoms. The third kappa shape index (κ3) is 5.31. The summed E-state index contributed by atoms with van der Waals surface area (Å²) in [5, 5.41) is 18.4. The van der Waals surface area contributed by atoms with Crippen LogP contribution in [0.2, 0.25) is 10.0 Å². The number of hydrogen-bond acceptors (Lipinski definition) is 4. The number of para-hydroxylation sites is 1. The number of anilines is 1. The number of dihydropyridines is 1. The minimum atomic E-state index is -0.601. The van der Waals surface area contributed by atoms with Gasteiger partial charge in [-0.3, -0.25) is 4.79 Å². The first kappa shape index (κ1) is 24.0. The second-order valence-electron chi connectivity index (χ2n) is 7.71. The molecule has 0 unspecified atom stereocenters. The molecule has 0 aromatic heterocycles. The van der Waals surface area contributed by atoms with Gasteiger partial charge in [0.1, 0.15) is 0 Å². The zero-order valence-electron chi connectivity index (χ0n) is 18.3. The Bertz CT molecular complexity index is 1310. The van der Waals surface area contributed by atoms with Crippen molar-refractivity contribution in [3.8, 4) is 6.07 Å². The monoisotopic (exact) mass is 505 g/mol. The van der Waals surface area contributed by atoms with Crippen LogP contribution in [0.5, 0.6) is 0 Å². The number of allylic oxidation sites excluding steroid dienone is 2. The fraction of sp³-hybridized carbons (Fsp3) is 0.111. The molecule has 3 aromatic rings. The van der Waals surface area contributed by atoms with Crippen molar-refractivity contribution in [2.75, 3.05) is 5.32 Å². The van der Waals surface area contributed by atoms with Gasteiger partial charge in [-0.1, -0.05) is 71.7 Å². The molecule has 4 nitrogen and oxygen atoms in total. The number of carbonyl (C=O) groups is 1. The quantitative estimate of drug-likeness (QED) is 0.369. The molecule has 170 valence electrons. The number of halogens is 2. The fourth-order valence-electron chi connectivity index (χ4n) is 3.80. The maximum absolute atomic E-state index is 13.4. The van der Waals surface area contributed by atoms with Gasteiger partial charge in [0.2, 0.25) is 0 Å². The highest BCUT2D eigenvalue weighted by molar-refractivity contribution is 8.02. The Morgan fingerprint density at radius 2 is 1.71 bits per heavy atom. The molecule has 0 bridgehead atoms. The van der Waals surface area contributed by atoms with Crippen molar-refractivity contribution in [3.63, 3.8) is 0 Å². The molecular formula is C27H21Cl2N3OS. The minimum absolute atomic E-state index is 0.282. The van der Waals surface area contributed by atoms with Crippen LogP contribution < -0.4 is 10.6 Å². The molecular weight excluding hydrogens is 485 g/mol. The summed E-state index contributed by atoms with van der Waals surface area (Å²) in [5.74, 6) is -0.245. The SMILES string of the molecule is CC1=C(C(=O)Nc2ccccc2)[C@H](c2ccccc2Cl)C(C#N)=C(SCc2ccc(Cl)cc2)N1. The molecule has 0 saturated heterocycles. The number of thioether (sulfide) groups is 1. The van der Waals surface area contributed by atoms with Crippen LogP contribution in [0, 0.1) is 11.3 Å². The van der Waals surface area contributed by atoms with E-state index < -0.39 is 5.92 Å². The molecule has 1 amide bonds. The standard InChI is InChI=1S/C27H21Cl2N3OS/c1-17-24(26(33)32-20-7-3-2-4-8-20)25(21-9-5-6-10-23(21)29)22(15-30)27(31-17)34-16-18-11-13-19(28)14-12-18/h2-14,25,31H,16H2,1H3,(H,32,33)/t25-/m1/s1. The lowest BCUT2D eigenvalue weighted by Gasteiger charge is -2.30. The van der Waals surface area contributed by atoms with Crippen LogP contribution in [-0.4, -0.2) is 5.91 Å². The molecule has 0 saturated carbocycles. The molecule has 34 heavy (non-hydrogen) atoms. The molecule has 1 atom stereocenters. The van der Waals surface area contributed by atoms with Crippen molar-refractivity contribution < 1.29 is 4.79 Å². The number of carbonyl (C=O) groups excluding carboxylic acids is 1. The number of rotatable bonds is 6. The van der Waals surface area contributed by atoms with Crippen molar-refractivity contribution in [1.29, 1.82) is 5.26 Å². The lowest BCUT2D eigenvalue weighted by Crippen LogP contribution is -2.30. The van der Waals surface area contributed by atoms with E-state index in [1.54, 1.807) is 6.07 Å². The van der Waals surface area contributed by atoms with Gasteiger partial charge >= 0.3 is 0 Å². The normalized spacial score (nSPS) is 15.5. The molecule has 0 aliphatic carbocycles. The number of nitriles is 1. The molecule has 1 aliphatic heterocycles. The van der Waals surface area contributed by atoms with Gasteiger partial charge in [0, 0.05) is 32.8 Å². The highest BCUT2D eigenvalue weighted by Gasteiger charge is 2.35. The minimum Gasteiger partial charge on any atom is -0.353 e. The Labute approximate surface area is 213 Å². The molecule has 1 aliphatic rings. The first-order chi connectivity index (χ1) is 16.5. The topological polar surface area (TPSA) is 64.9 Å². The van der Waals surface area contributed by atoms with E-state index >= 15 is 0 Å². The summed E-state index contributed by atoms with van der Waals surface area (Å²) in [7, 11) is 0. The van der Waals surface area contributed by atoms with Crippen LogP contribution >= 0.6 is 35.0 Å². The molecule has 1 heterocycles. The van der Waals surface area contributed by atoms with E-state index in [0.717, 1.165) is 5.56 Å². The van der Waals surface area contributed by atoms with Crippen molar-refractivity contribution in [3.05, 3.63) is 122 Å². The Morgan fingerprint density at radius 3 is 2.38 bits per heavy atom. The molecule has 0 spiro atoms. The van der Waals surface area contributed by atoms with Gasteiger partial charge in [-0.2, -0.15) is 5.26 Å². The average Bonchev–Trinajstić information content (AvgIpc) is 2.84. The van der Waals surface area contributed by atoms with Gasteiger partial charge in [0.15, 0.2) is 0 Å². The molecule has 0 radical (unpaired) electrons. The summed E-state index contributed by atoms with van der Waals surface area (Å²) in [6.07, 6.45) is 0. The Balaban J connectivity index is 1.73. The number of hydrogen-bond donors (Lipinski definition) is 2. The smallest absolute Gasteiger partial charge is 0.254 e. The highest BCUT2D eigenvalue weighted by atomic mass is 35.5. The Morgan fingerprint density at radius 1 is 1.03 bits per heavy atom. The second kappa shape index (κ2) is 10.8. The largest absolute Gasteiger partial charge is 0.353 e. The van der Waals surface area contributed by atoms with Gasteiger partial charge < -0.3 is 10.6 Å². The van der Waals surface area contributed by atoms with Crippen LogP contribution in [-0.2, 0) is 10.5 Å². The lowest BCUT2D eigenvalue weighted by molar-refractivity contribution is -0.113. The molecule has 3 aromatic carbocycles. The zero-order valence-corrected chi connectivity index (χ0v) is 20.6. The van der Waals surface area contributed by atoms with Crippen molar-refractivity contribution in [1.82, 2.24) is 5.32 Å². The van der Waals surface area contributed by atoms with Crippen LogP contribution in [0.3, 0.4) is 0 Å². The van der Waals surface area contributed by atoms with Crippen molar-refractivity contribution in [2.24, 2.45) is 0 Å². The third-order valence-electron chi connectivity index (χ3n) is 5.44. The Hall–Kier alpha value is -3.17. The summed E-state index contributed by atoms with van der Waals surface area (Å²) in [5.41, 5.74) is 4.06. The van der Waals surface area contributed by atoms with Crippen LogP contribution in [0.15, 0.2) is 101 Å². The van der Waals surface area contributed by atoms with Gasteiger partial charge in [-0.25, -0.2) is 0 Å². The van der Waals surface area contributed by atoms with Crippen molar-refractivity contribution in [2.45, 2.75) is 18.6 Å². The highest BCUT2D eigenvalue weighted by Crippen LogP contribution is 2.43. The van der Waals surface area contributed by atoms with E-state index in [0.29, 0.717) is 48.9 Å². The number of amides is 1. The van der Waals surface area contributed by atoms with Crippen LogP contribution in [0.4, 0.5) is 5.69 Å². The van der Waals surface area contributed by atoms with Gasteiger partial charge in [0.25, 0.3) is 5.91 Å². The van der Waals surface area contributed by atoms with E-state index in [1.807, 2.05) is 79.7 Å². The maximum Gasteiger partial charge on any atom is 0.254 e. The third-order valence-corrected chi connectivity index (χ3v) is 7.12. The van der Waals surface area contributed by atoms with Gasteiger partial charge in [-0.05, 0) is 48.4 Å². The number of nitrogens with zero attached hydrogens (tertiary/aromatic N) is 1. The van der Waals surface area contributed by atoms with Gasteiger partial charge in [0.05, 0.1) is 22.6 Å². The molecule has 0 fully saturated rings. The summed E-state index contributed by atoms with van der Waals surface area (Å²) >= 11 is 14.1. The summed E-state index contributed by atoms with van der Waals surface area (Å²) in [4.78, 5) is 13.4. The predicted molar refractivity (Wildman–Crippen MR) is 140 cm³/mol. The van der Waals surface area contributed by atoms with E-state index in [9.17, 15) is 10.1 Å². The average molecular weight is 506 g/mol. The van der Waals surface area contributed by atoms with E-state index in [4.69, 9.17) is 23.2 Å². The first-order valence-corrected chi connectivity index (χ1v) is 12.3. The first-order valence-electron chi connectivity index (χ1n) is 10.6. The van der Waals surface area contributed by atoms with Crippen LogP contribution in [0.1, 0.15) is 24.0 Å². The lowest BCUT2D eigenvalue weighted by atomic mass is 9.82. The fourth-order valence-corrected chi connectivity index (χ4v) is 5.22. The van der Waals surface area contributed by atoms with Crippen molar-refractivity contribution >= 4 is 46.6 Å². The second-order valence-corrected chi connectivity index (χ2v) is 9.54. The zero-order chi connectivity index (χ0) is 24.1. The van der Waals surface area contributed by atoms with E-state index in [-0.39, 0.29) is 5.91 Å². The summed E-state index contributed by atoms with van der Waals surface area (Å²) < 4.78 is 0. The van der Waals surface area contributed by atoms with Gasteiger partial charge in [-0.15, -0.1) is 11.8 Å². The summed E-state index contributed by atoms with van der Waals surface area (Å²) in [6, 6.07) is 26.5. The van der Waals surface area contributed by atoms with Crippen LogP contribution in [0.25, 0.3) is 0 Å². The number of benzene rings is 3. The van der Waals surface area contributed by atoms with E-state index in [1.165, 1.54) is 11.8 Å². The van der Waals surface area contributed by atoms with E-state index in [2.05, 4.69) is 16.7 Å². The predicted octanol–water partition coefficient (Wildman–Crippen LogP) is 7.26.